The number of carbonyl (C=O) groups excluding carboxylic acids is 1. The first kappa shape index (κ1) is 14.3. The lowest BCUT2D eigenvalue weighted by atomic mass is 9.79. The van der Waals surface area contributed by atoms with Crippen LogP contribution in [0.2, 0.25) is 0 Å². The number of carbonyl (C=O) groups is 1. The average Bonchev–Trinajstić information content (AvgIpc) is 2.48. The van der Waals surface area contributed by atoms with Crippen molar-refractivity contribution in [3.8, 4) is 0 Å². The second-order valence-electron chi connectivity index (χ2n) is 5.53. The molecule has 0 atom stereocenters. The third-order valence-electron chi connectivity index (χ3n) is 4.36. The first-order valence-electron chi connectivity index (χ1n) is 7.36. The number of aryl methyl sites for hydroxylation is 1. The van der Waals surface area contributed by atoms with Crippen LogP contribution < -0.4 is 0 Å². The highest BCUT2D eigenvalue weighted by atomic mass is 16.5. The molecule has 1 aromatic rings. The lowest BCUT2D eigenvalue weighted by Crippen LogP contribution is -2.43. The van der Waals surface area contributed by atoms with Crippen LogP contribution in [-0.4, -0.2) is 18.5 Å². The van der Waals surface area contributed by atoms with Gasteiger partial charge in [-0.1, -0.05) is 50.5 Å². The van der Waals surface area contributed by atoms with Gasteiger partial charge in [0.1, 0.15) is 5.60 Å². The molecule has 2 heteroatoms. The van der Waals surface area contributed by atoms with Crippen molar-refractivity contribution >= 4 is 5.78 Å². The Hall–Kier alpha value is -1.15. The molecule has 19 heavy (non-hydrogen) atoms. The number of hydrogen-bond donors (Lipinski definition) is 0. The van der Waals surface area contributed by atoms with E-state index in [1.165, 1.54) is 12.0 Å². The topological polar surface area (TPSA) is 26.3 Å². The van der Waals surface area contributed by atoms with Crippen LogP contribution in [0.3, 0.4) is 0 Å². The van der Waals surface area contributed by atoms with Crippen LogP contribution in [0.25, 0.3) is 0 Å². The Kier molecular flexibility index (Phi) is 4.76. The van der Waals surface area contributed by atoms with E-state index in [-0.39, 0.29) is 5.78 Å². The minimum absolute atomic E-state index is 0.249. The van der Waals surface area contributed by atoms with Gasteiger partial charge in [-0.3, -0.25) is 4.79 Å². The number of ether oxygens (including phenoxy) is 1. The van der Waals surface area contributed by atoms with E-state index >= 15 is 0 Å². The highest BCUT2D eigenvalue weighted by Gasteiger charge is 2.38. The van der Waals surface area contributed by atoms with Crippen LogP contribution in [0.15, 0.2) is 24.3 Å². The Labute approximate surface area is 116 Å². The molecule has 0 saturated heterocycles. The SMILES string of the molecule is CCc1ccc(CC(=O)C2(OC)CCCCC2)cc1. The van der Waals surface area contributed by atoms with E-state index < -0.39 is 5.60 Å². The molecule has 0 aromatic heterocycles. The van der Waals surface area contributed by atoms with Gasteiger partial charge in [-0.15, -0.1) is 0 Å². The number of benzene rings is 1. The quantitative estimate of drug-likeness (QED) is 0.806. The average molecular weight is 260 g/mol. The first-order valence-corrected chi connectivity index (χ1v) is 7.36. The van der Waals surface area contributed by atoms with Gasteiger partial charge in [0.2, 0.25) is 0 Å². The zero-order chi connectivity index (χ0) is 13.7. The predicted molar refractivity (Wildman–Crippen MR) is 77.4 cm³/mol. The highest BCUT2D eigenvalue weighted by Crippen LogP contribution is 2.32. The van der Waals surface area contributed by atoms with Gasteiger partial charge in [0.15, 0.2) is 5.78 Å². The van der Waals surface area contributed by atoms with Crippen molar-refractivity contribution in [2.75, 3.05) is 7.11 Å². The number of rotatable bonds is 5. The minimum atomic E-state index is -0.512. The van der Waals surface area contributed by atoms with Gasteiger partial charge in [0.05, 0.1) is 0 Å². The molecule has 0 heterocycles. The van der Waals surface area contributed by atoms with Gasteiger partial charge in [-0.25, -0.2) is 0 Å². The molecule has 0 bridgehead atoms. The lowest BCUT2D eigenvalue weighted by molar-refractivity contribution is -0.144. The van der Waals surface area contributed by atoms with Crippen molar-refractivity contribution in [2.45, 2.75) is 57.5 Å². The van der Waals surface area contributed by atoms with Crippen molar-refractivity contribution in [1.82, 2.24) is 0 Å². The Morgan fingerprint density at radius 3 is 2.21 bits per heavy atom. The number of hydrogen-bond acceptors (Lipinski definition) is 2. The molecule has 1 saturated carbocycles. The van der Waals surface area contributed by atoms with Crippen LogP contribution in [-0.2, 0) is 22.4 Å². The van der Waals surface area contributed by atoms with Gasteiger partial charge >= 0.3 is 0 Å². The fourth-order valence-electron chi connectivity index (χ4n) is 2.96. The molecule has 0 spiro atoms. The molecule has 0 radical (unpaired) electrons. The van der Waals surface area contributed by atoms with Crippen molar-refractivity contribution < 1.29 is 9.53 Å². The van der Waals surface area contributed by atoms with Gasteiger partial charge in [0.25, 0.3) is 0 Å². The molecule has 2 nitrogen and oxygen atoms in total. The molecule has 2 rings (SSSR count). The third kappa shape index (κ3) is 3.24. The Balaban J connectivity index is 2.05. The van der Waals surface area contributed by atoms with Crippen LogP contribution in [0.1, 0.15) is 50.2 Å². The van der Waals surface area contributed by atoms with Gasteiger partial charge in [-0.05, 0) is 30.4 Å². The largest absolute Gasteiger partial charge is 0.370 e. The summed E-state index contributed by atoms with van der Waals surface area (Å²) in [5.41, 5.74) is 1.90. The van der Waals surface area contributed by atoms with E-state index in [2.05, 4.69) is 31.2 Å². The maximum atomic E-state index is 12.5. The summed E-state index contributed by atoms with van der Waals surface area (Å²) in [6, 6.07) is 8.37. The van der Waals surface area contributed by atoms with E-state index in [9.17, 15) is 4.79 Å². The molecule has 0 N–H and O–H groups in total. The molecule has 0 amide bonds. The van der Waals surface area contributed by atoms with E-state index in [0.717, 1.165) is 37.7 Å². The molecular weight excluding hydrogens is 236 g/mol. The standard InChI is InChI=1S/C17H24O2/c1-3-14-7-9-15(10-8-14)13-16(18)17(19-2)11-5-4-6-12-17/h7-10H,3-6,11-13H2,1-2H3. The summed E-state index contributed by atoms with van der Waals surface area (Å²) < 4.78 is 5.61. The van der Waals surface area contributed by atoms with Crippen molar-refractivity contribution in [3.63, 3.8) is 0 Å². The summed E-state index contributed by atoms with van der Waals surface area (Å²) in [5, 5.41) is 0. The normalized spacial score (nSPS) is 18.2. The van der Waals surface area contributed by atoms with Crippen LogP contribution in [0, 0.1) is 0 Å². The van der Waals surface area contributed by atoms with E-state index in [4.69, 9.17) is 4.74 Å². The molecule has 1 aliphatic rings. The van der Waals surface area contributed by atoms with E-state index in [0.29, 0.717) is 6.42 Å². The van der Waals surface area contributed by atoms with E-state index in [1.807, 2.05) is 0 Å². The lowest BCUT2D eigenvalue weighted by Gasteiger charge is -2.34. The minimum Gasteiger partial charge on any atom is -0.370 e. The summed E-state index contributed by atoms with van der Waals surface area (Å²) in [5.74, 6) is 0.249. The van der Waals surface area contributed by atoms with Crippen LogP contribution >= 0.6 is 0 Å². The van der Waals surface area contributed by atoms with Gasteiger partial charge in [-0.2, -0.15) is 0 Å². The molecule has 0 unspecified atom stereocenters. The molecule has 1 fully saturated rings. The fourth-order valence-corrected chi connectivity index (χ4v) is 2.96. The molecule has 104 valence electrons. The van der Waals surface area contributed by atoms with Crippen molar-refractivity contribution in [1.29, 1.82) is 0 Å². The summed E-state index contributed by atoms with van der Waals surface area (Å²) in [6.45, 7) is 2.14. The highest BCUT2D eigenvalue weighted by molar-refractivity contribution is 5.89. The molecule has 1 aliphatic carbocycles. The summed E-state index contributed by atoms with van der Waals surface area (Å²) >= 11 is 0. The molecule has 0 aliphatic heterocycles. The predicted octanol–water partition coefficient (Wildman–Crippen LogP) is 3.71. The Bertz CT molecular complexity index is 413. The maximum Gasteiger partial charge on any atom is 0.168 e. The first-order chi connectivity index (χ1) is 9.20. The molecule has 1 aromatic carbocycles. The summed E-state index contributed by atoms with van der Waals surface area (Å²) in [6.07, 6.45) is 6.74. The van der Waals surface area contributed by atoms with Crippen molar-refractivity contribution in [3.05, 3.63) is 35.4 Å². The van der Waals surface area contributed by atoms with Crippen LogP contribution in [0.5, 0.6) is 0 Å². The monoisotopic (exact) mass is 260 g/mol. The third-order valence-corrected chi connectivity index (χ3v) is 4.36. The summed E-state index contributed by atoms with van der Waals surface area (Å²) in [4.78, 5) is 12.5. The van der Waals surface area contributed by atoms with Gasteiger partial charge in [0, 0.05) is 13.5 Å². The second-order valence-corrected chi connectivity index (χ2v) is 5.53. The van der Waals surface area contributed by atoms with Crippen molar-refractivity contribution in [2.24, 2.45) is 0 Å². The zero-order valence-electron chi connectivity index (χ0n) is 12.1. The number of ketones is 1. The number of methoxy groups -OCH3 is 1. The Morgan fingerprint density at radius 1 is 1.11 bits per heavy atom. The number of Topliss-reactive ketones (excluding diaryl/α,β-unsaturated/α-hetero) is 1. The zero-order valence-corrected chi connectivity index (χ0v) is 12.1. The Morgan fingerprint density at radius 2 is 1.68 bits per heavy atom. The van der Waals surface area contributed by atoms with Gasteiger partial charge < -0.3 is 4.74 Å². The smallest absolute Gasteiger partial charge is 0.168 e. The maximum absolute atomic E-state index is 12.5. The van der Waals surface area contributed by atoms with Crippen LogP contribution in [0.4, 0.5) is 0 Å². The fraction of sp³-hybridized carbons (Fsp3) is 0.588. The van der Waals surface area contributed by atoms with E-state index in [1.54, 1.807) is 7.11 Å². The molecular formula is C17H24O2. The second kappa shape index (κ2) is 6.33. The summed E-state index contributed by atoms with van der Waals surface area (Å²) in [7, 11) is 1.68.